The SMILES string of the molecule is CSCCCNC(=S)NNC(=O)c1cc2c(s1)CCC2. The molecular weight excluding hydrogens is 310 g/mol. The Morgan fingerprint density at radius 1 is 1.45 bits per heavy atom. The van der Waals surface area contributed by atoms with Crippen LogP contribution < -0.4 is 16.2 Å². The number of carbonyl (C=O) groups excluding carboxylic acids is 1. The first-order chi connectivity index (χ1) is 9.70. The zero-order valence-corrected chi connectivity index (χ0v) is 13.9. The second kappa shape index (κ2) is 7.85. The van der Waals surface area contributed by atoms with Crippen LogP contribution in [0.1, 0.15) is 33.0 Å². The van der Waals surface area contributed by atoms with Crippen molar-refractivity contribution in [2.45, 2.75) is 25.7 Å². The molecule has 0 atom stereocenters. The van der Waals surface area contributed by atoms with Gasteiger partial charge in [0, 0.05) is 11.4 Å². The number of nitrogens with one attached hydrogen (secondary N) is 3. The van der Waals surface area contributed by atoms with E-state index in [2.05, 4.69) is 22.4 Å². The molecule has 0 aromatic carbocycles. The summed E-state index contributed by atoms with van der Waals surface area (Å²) in [7, 11) is 0. The van der Waals surface area contributed by atoms with Crippen molar-refractivity contribution in [3.05, 3.63) is 21.4 Å². The number of hydrogen-bond donors (Lipinski definition) is 3. The number of amides is 1. The third-order valence-corrected chi connectivity index (χ3v) is 5.25. The predicted molar refractivity (Wildman–Crippen MR) is 90.5 cm³/mol. The zero-order chi connectivity index (χ0) is 14.4. The van der Waals surface area contributed by atoms with E-state index in [9.17, 15) is 4.79 Å². The molecule has 1 aliphatic rings. The molecule has 110 valence electrons. The Morgan fingerprint density at radius 3 is 3.05 bits per heavy atom. The molecule has 0 aliphatic heterocycles. The molecule has 0 unspecified atom stereocenters. The Balaban J connectivity index is 1.70. The van der Waals surface area contributed by atoms with Gasteiger partial charge in [-0.1, -0.05) is 0 Å². The van der Waals surface area contributed by atoms with E-state index < -0.39 is 0 Å². The van der Waals surface area contributed by atoms with Gasteiger partial charge in [-0.25, -0.2) is 0 Å². The van der Waals surface area contributed by atoms with Crippen LogP contribution in [0.15, 0.2) is 6.07 Å². The summed E-state index contributed by atoms with van der Waals surface area (Å²) in [6.07, 6.45) is 6.55. The van der Waals surface area contributed by atoms with E-state index in [0.717, 1.165) is 36.4 Å². The summed E-state index contributed by atoms with van der Waals surface area (Å²) < 4.78 is 0. The summed E-state index contributed by atoms with van der Waals surface area (Å²) in [5, 5.41) is 3.52. The van der Waals surface area contributed by atoms with Crippen LogP contribution in [-0.4, -0.2) is 29.6 Å². The molecule has 7 heteroatoms. The first-order valence-electron chi connectivity index (χ1n) is 6.65. The molecule has 0 saturated heterocycles. The Labute approximate surface area is 133 Å². The van der Waals surface area contributed by atoms with E-state index in [0.29, 0.717) is 5.11 Å². The van der Waals surface area contributed by atoms with E-state index in [4.69, 9.17) is 12.2 Å². The Morgan fingerprint density at radius 2 is 2.30 bits per heavy atom. The van der Waals surface area contributed by atoms with Gasteiger partial charge in [-0.15, -0.1) is 11.3 Å². The van der Waals surface area contributed by atoms with Crippen LogP contribution in [0.4, 0.5) is 0 Å². The summed E-state index contributed by atoms with van der Waals surface area (Å²) in [6, 6.07) is 2.00. The average Bonchev–Trinajstić information content (AvgIpc) is 3.02. The summed E-state index contributed by atoms with van der Waals surface area (Å²) in [5.74, 6) is 0.987. The highest BCUT2D eigenvalue weighted by atomic mass is 32.2. The Bertz CT molecular complexity index is 466. The van der Waals surface area contributed by atoms with Crippen LogP contribution >= 0.6 is 35.3 Å². The summed E-state index contributed by atoms with van der Waals surface area (Å²) in [5.41, 5.74) is 6.72. The molecule has 0 spiro atoms. The largest absolute Gasteiger partial charge is 0.361 e. The van der Waals surface area contributed by atoms with E-state index >= 15 is 0 Å². The molecule has 1 aromatic rings. The fraction of sp³-hybridized carbons (Fsp3) is 0.538. The van der Waals surface area contributed by atoms with Crippen molar-refractivity contribution in [1.29, 1.82) is 0 Å². The smallest absolute Gasteiger partial charge is 0.279 e. The standard InChI is InChI=1S/C13H19N3OS3/c1-19-7-3-6-14-13(18)16-15-12(17)11-8-9-4-2-5-10(9)20-11/h8H,2-7H2,1H3,(H,15,17)(H2,14,16,18). The van der Waals surface area contributed by atoms with Gasteiger partial charge in [0.2, 0.25) is 0 Å². The van der Waals surface area contributed by atoms with Gasteiger partial charge in [0.05, 0.1) is 4.88 Å². The third-order valence-electron chi connectivity index (χ3n) is 3.07. The first kappa shape index (κ1) is 15.6. The minimum absolute atomic E-state index is 0.113. The summed E-state index contributed by atoms with van der Waals surface area (Å²) >= 11 is 8.49. The van der Waals surface area contributed by atoms with Crippen molar-refractivity contribution in [2.75, 3.05) is 18.6 Å². The van der Waals surface area contributed by atoms with Crippen LogP contribution in [0.5, 0.6) is 0 Å². The van der Waals surface area contributed by atoms with Crippen molar-refractivity contribution >= 4 is 46.3 Å². The van der Waals surface area contributed by atoms with Gasteiger partial charge < -0.3 is 5.32 Å². The molecule has 0 bridgehead atoms. The summed E-state index contributed by atoms with van der Waals surface area (Å²) in [4.78, 5) is 14.1. The van der Waals surface area contributed by atoms with Crippen molar-refractivity contribution in [2.24, 2.45) is 0 Å². The molecule has 0 radical (unpaired) electrons. The zero-order valence-electron chi connectivity index (χ0n) is 11.5. The molecule has 1 heterocycles. The van der Waals surface area contributed by atoms with Gasteiger partial charge in [0.25, 0.3) is 5.91 Å². The minimum Gasteiger partial charge on any atom is -0.361 e. The summed E-state index contributed by atoms with van der Waals surface area (Å²) in [6.45, 7) is 0.815. The average molecular weight is 330 g/mol. The number of thiophene rings is 1. The molecule has 4 nitrogen and oxygen atoms in total. The van der Waals surface area contributed by atoms with Crippen molar-refractivity contribution in [3.8, 4) is 0 Å². The maximum Gasteiger partial charge on any atom is 0.279 e. The molecular formula is C13H19N3OS3. The Hall–Kier alpha value is -0.790. The van der Waals surface area contributed by atoms with Crippen molar-refractivity contribution in [3.63, 3.8) is 0 Å². The second-order valence-electron chi connectivity index (χ2n) is 4.59. The number of fused-ring (bicyclic) bond motifs is 1. The molecule has 20 heavy (non-hydrogen) atoms. The Kier molecular flexibility index (Phi) is 6.12. The number of thioether (sulfide) groups is 1. The topological polar surface area (TPSA) is 53.2 Å². The molecule has 0 saturated carbocycles. The monoisotopic (exact) mass is 329 g/mol. The van der Waals surface area contributed by atoms with E-state index in [1.165, 1.54) is 16.9 Å². The number of carbonyl (C=O) groups is 1. The maximum atomic E-state index is 12.0. The van der Waals surface area contributed by atoms with Gasteiger partial charge in [-0.3, -0.25) is 15.6 Å². The fourth-order valence-electron chi connectivity index (χ4n) is 2.08. The lowest BCUT2D eigenvalue weighted by Gasteiger charge is -2.10. The lowest BCUT2D eigenvalue weighted by molar-refractivity contribution is 0.0947. The molecule has 3 N–H and O–H groups in total. The van der Waals surface area contributed by atoms with Gasteiger partial charge in [0.15, 0.2) is 5.11 Å². The highest BCUT2D eigenvalue weighted by molar-refractivity contribution is 7.98. The number of aryl methyl sites for hydroxylation is 2. The third kappa shape index (κ3) is 4.36. The highest BCUT2D eigenvalue weighted by Gasteiger charge is 2.18. The fourth-order valence-corrected chi connectivity index (χ4v) is 3.81. The molecule has 0 fully saturated rings. The number of hydrogen-bond acceptors (Lipinski definition) is 4. The lowest BCUT2D eigenvalue weighted by atomic mass is 10.2. The van der Waals surface area contributed by atoms with E-state index in [1.54, 1.807) is 11.3 Å². The van der Waals surface area contributed by atoms with Crippen LogP contribution in [0.3, 0.4) is 0 Å². The first-order valence-corrected chi connectivity index (χ1v) is 9.27. The van der Waals surface area contributed by atoms with Crippen LogP contribution in [0.25, 0.3) is 0 Å². The van der Waals surface area contributed by atoms with Crippen molar-refractivity contribution in [1.82, 2.24) is 16.2 Å². The van der Waals surface area contributed by atoms with Gasteiger partial charge >= 0.3 is 0 Å². The molecule has 1 aliphatic carbocycles. The number of rotatable bonds is 5. The normalized spacial score (nSPS) is 12.8. The van der Waals surface area contributed by atoms with Crippen LogP contribution in [0.2, 0.25) is 0 Å². The highest BCUT2D eigenvalue weighted by Crippen LogP contribution is 2.30. The molecule has 1 aromatic heterocycles. The van der Waals surface area contributed by atoms with Gasteiger partial charge in [0.1, 0.15) is 0 Å². The second-order valence-corrected chi connectivity index (χ2v) is 7.12. The molecule has 1 amide bonds. The quantitative estimate of drug-likeness (QED) is 0.439. The number of hydrazine groups is 1. The maximum absolute atomic E-state index is 12.0. The van der Waals surface area contributed by atoms with Gasteiger partial charge in [-0.05, 0) is 61.5 Å². The van der Waals surface area contributed by atoms with E-state index in [1.807, 2.05) is 17.8 Å². The van der Waals surface area contributed by atoms with E-state index in [-0.39, 0.29) is 5.91 Å². The predicted octanol–water partition coefficient (Wildman–Crippen LogP) is 2.10. The number of thiocarbonyl (C=S) groups is 1. The minimum atomic E-state index is -0.113. The van der Waals surface area contributed by atoms with Crippen LogP contribution in [0, 0.1) is 0 Å². The van der Waals surface area contributed by atoms with Crippen molar-refractivity contribution < 1.29 is 4.79 Å². The van der Waals surface area contributed by atoms with Gasteiger partial charge in [-0.2, -0.15) is 11.8 Å². The molecule has 2 rings (SSSR count). The lowest BCUT2D eigenvalue weighted by Crippen LogP contribution is -2.46. The van der Waals surface area contributed by atoms with Crippen LogP contribution in [-0.2, 0) is 12.8 Å².